The third-order valence-corrected chi connectivity index (χ3v) is 1.88. The Labute approximate surface area is 102 Å². The highest BCUT2D eigenvalue weighted by Gasteiger charge is 1.91. The predicted octanol–water partition coefficient (Wildman–Crippen LogP) is 4.93. The average Bonchev–Trinajstić information content (AvgIpc) is 2.34. The second kappa shape index (κ2) is 6.85. The lowest BCUT2D eigenvalue weighted by Gasteiger charge is -1.98. The van der Waals surface area contributed by atoms with E-state index in [0.29, 0.717) is 0 Å². The van der Waals surface area contributed by atoms with E-state index < -0.39 is 0 Å². The molecule has 0 saturated heterocycles. The molecule has 0 aromatic heterocycles. The molecule has 0 heterocycles. The van der Waals surface area contributed by atoms with E-state index in [1.807, 2.05) is 12.1 Å². The molecule has 0 bridgehead atoms. The van der Waals surface area contributed by atoms with E-state index >= 15 is 0 Å². The number of benzene rings is 2. The van der Waals surface area contributed by atoms with Gasteiger partial charge in [-0.1, -0.05) is 60.7 Å². The van der Waals surface area contributed by atoms with E-state index in [1.165, 1.54) is 11.1 Å². The molecule has 0 aliphatic heterocycles. The zero-order valence-corrected chi connectivity index (χ0v) is 10.4. The molecule has 2 heteroatoms. The van der Waals surface area contributed by atoms with Gasteiger partial charge in [0.2, 0.25) is 0 Å². The maximum Gasteiger partial charge on any atom is 0.0425 e. The molecule has 0 aliphatic rings. The summed E-state index contributed by atoms with van der Waals surface area (Å²) in [6.07, 6.45) is 0. The molecule has 0 unspecified atom stereocenters. The van der Waals surface area contributed by atoms with Crippen molar-refractivity contribution in [1.29, 1.82) is 0 Å². The topological polar surface area (TPSA) is 0 Å². The molecule has 0 atom stereocenters. The molecule has 72 valence electrons. The minimum atomic E-state index is 1.28. The highest BCUT2D eigenvalue weighted by molar-refractivity contribution is 14.1. The highest BCUT2D eigenvalue weighted by Crippen LogP contribution is 2.17. The van der Waals surface area contributed by atoms with Crippen molar-refractivity contribution in [2.45, 2.75) is 0 Å². The molecule has 0 fully saturated rings. The van der Waals surface area contributed by atoms with Gasteiger partial charge in [0.05, 0.1) is 0 Å². The van der Waals surface area contributed by atoms with E-state index in [-0.39, 0.29) is 0 Å². The minimum absolute atomic E-state index is 1.28. The van der Waals surface area contributed by atoms with E-state index in [9.17, 15) is 0 Å². The van der Waals surface area contributed by atoms with Gasteiger partial charge in [0.15, 0.2) is 0 Å². The SMILES string of the molecule is ClI.c1ccc(-c2ccccc2)cc1. The first-order valence-electron chi connectivity index (χ1n) is 4.21. The van der Waals surface area contributed by atoms with Crippen molar-refractivity contribution < 1.29 is 0 Å². The highest BCUT2D eigenvalue weighted by atomic mass is 127. The molecule has 0 radical (unpaired) electrons. The van der Waals surface area contributed by atoms with Gasteiger partial charge in [-0.3, -0.25) is 0 Å². The summed E-state index contributed by atoms with van der Waals surface area (Å²) in [5.74, 6) is 0. The van der Waals surface area contributed by atoms with Crippen molar-refractivity contribution in [3.8, 4) is 11.1 Å². The third-order valence-electron chi connectivity index (χ3n) is 1.88. The van der Waals surface area contributed by atoms with Crippen LogP contribution in [0.5, 0.6) is 0 Å². The zero-order valence-electron chi connectivity index (χ0n) is 7.53. The molecule has 2 aromatic rings. The van der Waals surface area contributed by atoms with Gasteiger partial charge < -0.3 is 0 Å². The van der Waals surface area contributed by atoms with Gasteiger partial charge in [0.25, 0.3) is 0 Å². The largest absolute Gasteiger partial charge is 0.0622 e. The van der Waals surface area contributed by atoms with Crippen molar-refractivity contribution in [3.63, 3.8) is 0 Å². The average molecular weight is 317 g/mol. The Hall–Kier alpha value is -0.540. The summed E-state index contributed by atoms with van der Waals surface area (Å²) in [5.41, 5.74) is 2.55. The van der Waals surface area contributed by atoms with Crippen LogP contribution in [0.25, 0.3) is 11.1 Å². The van der Waals surface area contributed by atoms with E-state index in [0.717, 1.165) is 0 Å². The Bertz CT molecular complexity index is 308. The quantitative estimate of drug-likeness (QED) is 0.654. The normalized spacial score (nSPS) is 8.71. The molecule has 0 spiro atoms. The molecule has 2 rings (SSSR count). The third kappa shape index (κ3) is 3.31. The van der Waals surface area contributed by atoms with Gasteiger partial charge >= 0.3 is 0 Å². The van der Waals surface area contributed by atoms with Crippen molar-refractivity contribution >= 4 is 30.4 Å². The van der Waals surface area contributed by atoms with Gasteiger partial charge in [-0.2, -0.15) is 0 Å². The Balaban J connectivity index is 0.000000461. The molecule has 0 nitrogen and oxygen atoms in total. The number of rotatable bonds is 1. The van der Waals surface area contributed by atoms with E-state index in [1.54, 1.807) is 21.5 Å². The predicted molar refractivity (Wildman–Crippen MR) is 71.8 cm³/mol. The first-order valence-corrected chi connectivity index (χ1v) is 6.95. The standard InChI is InChI=1S/C12H10.ClI/c1-3-7-11(8-4-1)12-9-5-2-6-10-12;1-2/h1-10H;. The number of hydrogen-bond acceptors (Lipinski definition) is 0. The summed E-state index contributed by atoms with van der Waals surface area (Å²) in [6, 6.07) is 20.8. The zero-order chi connectivity index (χ0) is 10.2. The lowest BCUT2D eigenvalue weighted by molar-refractivity contribution is 1.62. The Kier molecular flexibility index (Phi) is 5.64. The fraction of sp³-hybridized carbons (Fsp3) is 0. The molecule has 2 aromatic carbocycles. The van der Waals surface area contributed by atoms with Crippen LogP contribution in [0.2, 0.25) is 0 Å². The van der Waals surface area contributed by atoms with Crippen LogP contribution < -0.4 is 0 Å². The van der Waals surface area contributed by atoms with Crippen LogP contribution in [0.15, 0.2) is 60.7 Å². The first kappa shape index (κ1) is 11.5. The summed E-state index contributed by atoms with van der Waals surface area (Å²) in [7, 11) is 4.61. The first-order chi connectivity index (χ1) is 6.97. The lowest BCUT2D eigenvalue weighted by atomic mass is 10.1. The van der Waals surface area contributed by atoms with Crippen LogP contribution in [0.1, 0.15) is 0 Å². The second-order valence-electron chi connectivity index (χ2n) is 2.73. The maximum atomic E-state index is 4.61. The van der Waals surface area contributed by atoms with Gasteiger partial charge in [-0.25, -0.2) is 0 Å². The number of halogens is 2. The Morgan fingerprint density at radius 1 is 0.571 bits per heavy atom. The maximum absolute atomic E-state index is 4.61. The van der Waals surface area contributed by atoms with Crippen LogP contribution in [0.3, 0.4) is 0 Å². The van der Waals surface area contributed by atoms with Crippen molar-refractivity contribution in [2.75, 3.05) is 0 Å². The van der Waals surface area contributed by atoms with Crippen LogP contribution >= 0.6 is 30.4 Å². The van der Waals surface area contributed by atoms with Crippen molar-refractivity contribution in [2.24, 2.45) is 0 Å². The second-order valence-corrected chi connectivity index (χ2v) is 2.73. The molecular formula is C12H10ClI. The van der Waals surface area contributed by atoms with Crippen molar-refractivity contribution in [1.82, 2.24) is 0 Å². The molecule has 0 amide bonds. The molecule has 0 N–H and O–H groups in total. The smallest absolute Gasteiger partial charge is 0.0425 e. The van der Waals surface area contributed by atoms with E-state index in [2.05, 4.69) is 57.4 Å². The fourth-order valence-corrected chi connectivity index (χ4v) is 1.26. The lowest BCUT2D eigenvalue weighted by Crippen LogP contribution is -1.73. The minimum Gasteiger partial charge on any atom is -0.0622 e. The van der Waals surface area contributed by atoms with Gasteiger partial charge in [-0.05, 0) is 20.0 Å². The van der Waals surface area contributed by atoms with Crippen LogP contribution in [-0.4, -0.2) is 0 Å². The van der Waals surface area contributed by atoms with Crippen molar-refractivity contribution in [3.05, 3.63) is 60.7 Å². The van der Waals surface area contributed by atoms with Crippen LogP contribution in [0.4, 0.5) is 0 Å². The van der Waals surface area contributed by atoms with E-state index in [4.69, 9.17) is 0 Å². The summed E-state index contributed by atoms with van der Waals surface area (Å²) >= 11 is 1.62. The summed E-state index contributed by atoms with van der Waals surface area (Å²) in [6.45, 7) is 0. The molecule has 14 heavy (non-hydrogen) atoms. The van der Waals surface area contributed by atoms with Gasteiger partial charge in [-0.15, -0.1) is 0 Å². The fourth-order valence-electron chi connectivity index (χ4n) is 1.26. The molecule has 0 saturated carbocycles. The molecule has 0 aliphatic carbocycles. The van der Waals surface area contributed by atoms with Gasteiger partial charge in [0.1, 0.15) is 0 Å². The summed E-state index contributed by atoms with van der Waals surface area (Å²) in [4.78, 5) is 0. The Morgan fingerprint density at radius 3 is 1.14 bits per heavy atom. The molecular weight excluding hydrogens is 306 g/mol. The van der Waals surface area contributed by atoms with Gasteiger partial charge in [0, 0.05) is 21.5 Å². The van der Waals surface area contributed by atoms with Crippen LogP contribution in [0, 0.1) is 0 Å². The summed E-state index contributed by atoms with van der Waals surface area (Å²) in [5, 5.41) is 0. The van der Waals surface area contributed by atoms with Crippen LogP contribution in [-0.2, 0) is 0 Å². The monoisotopic (exact) mass is 316 g/mol. The summed E-state index contributed by atoms with van der Waals surface area (Å²) < 4.78 is 0. The number of hydrogen-bond donors (Lipinski definition) is 0. The Morgan fingerprint density at radius 2 is 0.857 bits per heavy atom.